The van der Waals surface area contributed by atoms with Crippen LogP contribution in [0, 0.1) is 5.41 Å². The Morgan fingerprint density at radius 3 is 2.48 bits per heavy atom. The Morgan fingerprint density at radius 2 is 1.85 bits per heavy atom. The minimum Gasteiger partial charge on any atom is -0.385 e. The van der Waals surface area contributed by atoms with Crippen LogP contribution in [0.25, 0.3) is 0 Å². The Labute approximate surface area is 162 Å². The number of methoxy groups -OCH3 is 1. The lowest BCUT2D eigenvalue weighted by atomic mass is 9.95. The first-order chi connectivity index (χ1) is 12.8. The van der Waals surface area contributed by atoms with Gasteiger partial charge in [-0.1, -0.05) is 20.8 Å². The van der Waals surface area contributed by atoms with Gasteiger partial charge in [-0.3, -0.25) is 9.59 Å². The molecule has 6 heteroatoms. The molecule has 0 aliphatic carbocycles. The van der Waals surface area contributed by atoms with Crippen molar-refractivity contribution >= 4 is 23.2 Å². The minimum atomic E-state index is -0.492. The topological polar surface area (TPSA) is 70.7 Å². The average Bonchev–Trinajstić information content (AvgIpc) is 2.65. The zero-order chi connectivity index (χ0) is 19.9. The Kier molecular flexibility index (Phi) is 7.66. The fourth-order valence-electron chi connectivity index (χ4n) is 3.04. The highest BCUT2D eigenvalue weighted by Crippen LogP contribution is 2.28. The van der Waals surface area contributed by atoms with Gasteiger partial charge in [-0.15, -0.1) is 0 Å². The van der Waals surface area contributed by atoms with E-state index in [1.165, 1.54) is 6.42 Å². The molecule has 2 N–H and O–H groups in total. The molecular formula is C21H33N3O3. The van der Waals surface area contributed by atoms with Gasteiger partial charge in [0.1, 0.15) is 0 Å². The van der Waals surface area contributed by atoms with Crippen molar-refractivity contribution in [2.75, 3.05) is 43.6 Å². The number of nitrogens with one attached hydrogen (secondary N) is 2. The molecule has 2 amide bonds. The summed E-state index contributed by atoms with van der Waals surface area (Å²) in [7, 11) is 1.65. The van der Waals surface area contributed by atoms with Crippen LogP contribution in [0.2, 0.25) is 0 Å². The summed E-state index contributed by atoms with van der Waals surface area (Å²) in [6, 6.07) is 5.63. The first kappa shape index (κ1) is 21.2. The van der Waals surface area contributed by atoms with E-state index in [1.807, 2.05) is 32.9 Å². The number of piperidine rings is 1. The van der Waals surface area contributed by atoms with Crippen LogP contribution < -0.4 is 15.5 Å². The van der Waals surface area contributed by atoms with E-state index in [0.29, 0.717) is 24.4 Å². The highest BCUT2D eigenvalue weighted by atomic mass is 16.5. The van der Waals surface area contributed by atoms with E-state index < -0.39 is 5.41 Å². The zero-order valence-electron chi connectivity index (χ0n) is 17.1. The van der Waals surface area contributed by atoms with Gasteiger partial charge in [0.25, 0.3) is 5.91 Å². The molecule has 1 heterocycles. The van der Waals surface area contributed by atoms with Crippen molar-refractivity contribution < 1.29 is 14.3 Å². The van der Waals surface area contributed by atoms with Crippen molar-refractivity contribution in [1.82, 2.24) is 5.32 Å². The molecule has 1 saturated heterocycles. The van der Waals surface area contributed by atoms with Crippen LogP contribution in [-0.4, -0.2) is 45.2 Å². The van der Waals surface area contributed by atoms with E-state index in [4.69, 9.17) is 4.74 Å². The quantitative estimate of drug-likeness (QED) is 0.717. The largest absolute Gasteiger partial charge is 0.385 e. The molecule has 0 radical (unpaired) electrons. The Morgan fingerprint density at radius 1 is 1.15 bits per heavy atom. The maximum atomic E-state index is 12.8. The molecule has 0 atom stereocenters. The molecule has 0 bridgehead atoms. The van der Waals surface area contributed by atoms with Gasteiger partial charge in [0, 0.05) is 50.1 Å². The SMILES string of the molecule is COCCCNC(=O)c1cc(NC(=O)C(C)(C)C)ccc1N1CCCCC1. The summed E-state index contributed by atoms with van der Waals surface area (Å²) in [4.78, 5) is 27.4. The number of carbonyl (C=O) groups excluding carboxylic acids is 2. The van der Waals surface area contributed by atoms with Gasteiger partial charge in [0.05, 0.1) is 5.56 Å². The molecule has 0 saturated carbocycles. The number of hydrogen-bond acceptors (Lipinski definition) is 4. The highest BCUT2D eigenvalue weighted by Gasteiger charge is 2.23. The molecule has 0 spiro atoms. The number of anilines is 2. The van der Waals surface area contributed by atoms with Crippen molar-refractivity contribution in [3.8, 4) is 0 Å². The summed E-state index contributed by atoms with van der Waals surface area (Å²) < 4.78 is 5.04. The second-order valence-corrected chi connectivity index (χ2v) is 8.09. The summed E-state index contributed by atoms with van der Waals surface area (Å²) in [6.07, 6.45) is 4.27. The number of carbonyl (C=O) groups is 2. The number of amides is 2. The average molecular weight is 376 g/mol. The maximum Gasteiger partial charge on any atom is 0.253 e. The Balaban J connectivity index is 2.22. The minimum absolute atomic E-state index is 0.0697. The zero-order valence-corrected chi connectivity index (χ0v) is 17.1. The molecule has 6 nitrogen and oxygen atoms in total. The van der Waals surface area contributed by atoms with Crippen LogP contribution in [0.15, 0.2) is 18.2 Å². The molecule has 1 aliphatic heterocycles. The van der Waals surface area contributed by atoms with E-state index in [0.717, 1.165) is 38.0 Å². The van der Waals surface area contributed by atoms with Gasteiger partial charge < -0.3 is 20.3 Å². The third kappa shape index (κ3) is 6.24. The van der Waals surface area contributed by atoms with Crippen LogP contribution in [0.4, 0.5) is 11.4 Å². The third-order valence-corrected chi connectivity index (χ3v) is 4.69. The summed E-state index contributed by atoms with van der Waals surface area (Å²) in [5, 5.41) is 5.89. The first-order valence-electron chi connectivity index (χ1n) is 9.80. The van der Waals surface area contributed by atoms with E-state index in [-0.39, 0.29) is 11.8 Å². The van der Waals surface area contributed by atoms with Crippen LogP contribution >= 0.6 is 0 Å². The summed E-state index contributed by atoms with van der Waals surface area (Å²) >= 11 is 0. The smallest absolute Gasteiger partial charge is 0.253 e. The predicted octanol–water partition coefficient (Wildman–Crippen LogP) is 3.43. The number of ether oxygens (including phenoxy) is 1. The van der Waals surface area contributed by atoms with E-state index in [9.17, 15) is 9.59 Å². The lowest BCUT2D eigenvalue weighted by Gasteiger charge is -2.30. The molecule has 27 heavy (non-hydrogen) atoms. The molecule has 0 aromatic heterocycles. The fraction of sp³-hybridized carbons (Fsp3) is 0.619. The monoisotopic (exact) mass is 375 g/mol. The second kappa shape index (κ2) is 9.74. The third-order valence-electron chi connectivity index (χ3n) is 4.69. The highest BCUT2D eigenvalue weighted by molar-refractivity contribution is 6.02. The van der Waals surface area contributed by atoms with E-state index in [2.05, 4.69) is 15.5 Å². The van der Waals surface area contributed by atoms with Crippen molar-refractivity contribution in [2.24, 2.45) is 5.41 Å². The lowest BCUT2D eigenvalue weighted by molar-refractivity contribution is -0.123. The van der Waals surface area contributed by atoms with Gasteiger partial charge in [-0.25, -0.2) is 0 Å². The van der Waals surface area contributed by atoms with Crippen LogP contribution in [0.1, 0.15) is 56.8 Å². The Hall–Kier alpha value is -2.08. The second-order valence-electron chi connectivity index (χ2n) is 8.09. The van der Waals surface area contributed by atoms with Crippen LogP contribution in [-0.2, 0) is 9.53 Å². The molecule has 1 aromatic carbocycles. The van der Waals surface area contributed by atoms with Gasteiger partial charge in [0.15, 0.2) is 0 Å². The molecule has 1 aliphatic rings. The van der Waals surface area contributed by atoms with Crippen molar-refractivity contribution in [3.63, 3.8) is 0 Å². The van der Waals surface area contributed by atoms with Crippen molar-refractivity contribution in [3.05, 3.63) is 23.8 Å². The van der Waals surface area contributed by atoms with Crippen molar-refractivity contribution in [1.29, 1.82) is 0 Å². The number of rotatable bonds is 7. The molecular weight excluding hydrogens is 342 g/mol. The summed E-state index contributed by atoms with van der Waals surface area (Å²) in [5.74, 6) is -0.182. The fourth-order valence-corrected chi connectivity index (χ4v) is 3.04. The molecule has 1 aromatic rings. The van der Waals surface area contributed by atoms with Crippen LogP contribution in [0.5, 0.6) is 0 Å². The van der Waals surface area contributed by atoms with Crippen LogP contribution in [0.3, 0.4) is 0 Å². The van der Waals surface area contributed by atoms with Gasteiger partial charge in [-0.05, 0) is 43.9 Å². The summed E-state index contributed by atoms with van der Waals surface area (Å²) in [6.45, 7) is 8.69. The van der Waals surface area contributed by atoms with Gasteiger partial charge >= 0.3 is 0 Å². The van der Waals surface area contributed by atoms with Gasteiger partial charge in [-0.2, -0.15) is 0 Å². The predicted molar refractivity (Wildman–Crippen MR) is 109 cm³/mol. The molecule has 0 unspecified atom stereocenters. The molecule has 2 rings (SSSR count). The Bertz CT molecular complexity index is 647. The van der Waals surface area contributed by atoms with E-state index in [1.54, 1.807) is 13.2 Å². The maximum absolute atomic E-state index is 12.8. The lowest BCUT2D eigenvalue weighted by Crippen LogP contribution is -2.33. The van der Waals surface area contributed by atoms with Crippen molar-refractivity contribution in [2.45, 2.75) is 46.5 Å². The van der Waals surface area contributed by atoms with Gasteiger partial charge in [0.2, 0.25) is 5.91 Å². The normalized spacial score (nSPS) is 14.7. The first-order valence-corrected chi connectivity index (χ1v) is 9.80. The summed E-state index contributed by atoms with van der Waals surface area (Å²) in [5.41, 5.74) is 1.71. The molecule has 150 valence electrons. The molecule has 1 fully saturated rings. The number of nitrogens with zero attached hydrogens (tertiary/aromatic N) is 1. The van der Waals surface area contributed by atoms with E-state index >= 15 is 0 Å². The number of hydrogen-bond donors (Lipinski definition) is 2. The number of benzene rings is 1. The standard InChI is InChI=1S/C21H33N3O3/c1-21(2,3)20(26)23-16-9-10-18(24-12-6-5-7-13-24)17(15-16)19(25)22-11-8-14-27-4/h9-10,15H,5-8,11-14H2,1-4H3,(H,22,25)(H,23,26).